The summed E-state index contributed by atoms with van der Waals surface area (Å²) in [5.41, 5.74) is -2.13. The highest BCUT2D eigenvalue weighted by atomic mass is 16.7. The zero-order valence-corrected chi connectivity index (χ0v) is 25.6. The van der Waals surface area contributed by atoms with E-state index < -0.39 is 58.9 Å². The molecule has 1 aliphatic heterocycles. The molecule has 4 bridgehead atoms. The third-order valence-corrected chi connectivity index (χ3v) is 11.9. The highest BCUT2D eigenvalue weighted by Gasteiger charge is 2.84. The zero-order chi connectivity index (χ0) is 30.9. The van der Waals surface area contributed by atoms with E-state index in [0.29, 0.717) is 24.3 Å². The van der Waals surface area contributed by atoms with Crippen LogP contribution >= 0.6 is 0 Å². The predicted molar refractivity (Wildman–Crippen MR) is 155 cm³/mol. The standard InChI is InChI=1S/C34H44O9/c1-18(2)25-13-22-14-32(16-35)24-12-11-19(3)23(24)15-33(22,34(25,32)31(38)39)17-41-30-26(36)28(27(40-5)20(4)42-30)43-29(37)21-9-7-6-8-10-21/h6-10,13,16,18-20,22-24,26-28,30,36H,11-12,14-15,17H2,1-5H3,(H,38,39)/t19-,20-,22?,23-,24-,26?,27-,28+,30-,32?,33?,34?/m1/s1. The van der Waals surface area contributed by atoms with Crippen molar-refractivity contribution in [1.82, 2.24) is 0 Å². The number of esters is 1. The van der Waals surface area contributed by atoms with Crippen LogP contribution in [-0.2, 0) is 28.5 Å². The Bertz CT molecular complexity index is 1290. The number of carboxylic acid groups (broad SMARTS) is 1. The topological polar surface area (TPSA) is 129 Å². The molecule has 234 valence electrons. The summed E-state index contributed by atoms with van der Waals surface area (Å²) < 4.78 is 23.9. The summed E-state index contributed by atoms with van der Waals surface area (Å²) in [5.74, 6) is -1.19. The minimum atomic E-state index is -1.40. The molecule has 0 radical (unpaired) electrons. The minimum Gasteiger partial charge on any atom is -0.481 e. The Morgan fingerprint density at radius 2 is 1.84 bits per heavy atom. The van der Waals surface area contributed by atoms with Crippen LogP contribution < -0.4 is 0 Å². The molecule has 3 saturated carbocycles. The second kappa shape index (κ2) is 10.8. The number of ether oxygens (including phenoxy) is 4. The van der Waals surface area contributed by atoms with Gasteiger partial charge in [-0.2, -0.15) is 0 Å². The monoisotopic (exact) mass is 596 g/mol. The van der Waals surface area contributed by atoms with Crippen LogP contribution in [0, 0.1) is 45.8 Å². The van der Waals surface area contributed by atoms with Gasteiger partial charge in [0.2, 0.25) is 0 Å². The van der Waals surface area contributed by atoms with Crippen molar-refractivity contribution in [1.29, 1.82) is 0 Å². The predicted octanol–water partition coefficient (Wildman–Crippen LogP) is 4.27. The first-order chi connectivity index (χ1) is 20.5. The van der Waals surface area contributed by atoms with Gasteiger partial charge in [-0.3, -0.25) is 4.79 Å². The van der Waals surface area contributed by atoms with Gasteiger partial charge < -0.3 is 34.0 Å². The van der Waals surface area contributed by atoms with Crippen molar-refractivity contribution < 1.29 is 43.5 Å². The van der Waals surface area contributed by atoms with Crippen LogP contribution in [0.3, 0.4) is 0 Å². The highest BCUT2D eigenvalue weighted by Crippen LogP contribution is 2.82. The third-order valence-electron chi connectivity index (χ3n) is 11.9. The molecule has 1 saturated heterocycles. The summed E-state index contributed by atoms with van der Waals surface area (Å²) in [5, 5.41) is 22.7. The van der Waals surface area contributed by atoms with Gasteiger partial charge in [0.15, 0.2) is 12.4 Å². The van der Waals surface area contributed by atoms with Gasteiger partial charge in [0.1, 0.15) is 23.9 Å². The Morgan fingerprint density at radius 3 is 2.47 bits per heavy atom. The van der Waals surface area contributed by atoms with Crippen molar-refractivity contribution in [3.05, 3.63) is 47.5 Å². The van der Waals surface area contributed by atoms with Gasteiger partial charge in [0.25, 0.3) is 0 Å². The molecule has 4 fully saturated rings. The number of allylic oxidation sites excluding steroid dienone is 1. The van der Waals surface area contributed by atoms with E-state index in [1.54, 1.807) is 37.3 Å². The lowest BCUT2D eigenvalue weighted by atomic mass is 9.43. The van der Waals surface area contributed by atoms with Gasteiger partial charge in [-0.25, -0.2) is 4.79 Å². The average Bonchev–Trinajstić information content (AvgIpc) is 3.56. The number of aliphatic carboxylic acids is 1. The molecule has 0 aromatic heterocycles. The van der Waals surface area contributed by atoms with E-state index in [2.05, 4.69) is 13.0 Å². The second-order valence-electron chi connectivity index (χ2n) is 13.9. The van der Waals surface area contributed by atoms with E-state index in [-0.39, 0.29) is 30.3 Å². The summed E-state index contributed by atoms with van der Waals surface area (Å²) in [6.07, 6.45) is 1.03. The van der Waals surface area contributed by atoms with Crippen molar-refractivity contribution in [2.45, 2.75) is 84.1 Å². The first-order valence-corrected chi connectivity index (χ1v) is 15.6. The lowest BCUT2D eigenvalue weighted by Gasteiger charge is -2.58. The molecule has 4 aliphatic carbocycles. The summed E-state index contributed by atoms with van der Waals surface area (Å²) in [7, 11) is 1.47. The van der Waals surface area contributed by atoms with Crippen molar-refractivity contribution >= 4 is 18.2 Å². The normalized spacial score (nSPS) is 44.6. The van der Waals surface area contributed by atoms with E-state index >= 15 is 0 Å². The van der Waals surface area contributed by atoms with Crippen molar-refractivity contribution in [3.8, 4) is 0 Å². The molecular formula is C34H44O9. The molecule has 43 heavy (non-hydrogen) atoms. The van der Waals surface area contributed by atoms with E-state index in [1.807, 2.05) is 13.8 Å². The van der Waals surface area contributed by atoms with Gasteiger partial charge in [-0.05, 0) is 67.9 Å². The van der Waals surface area contributed by atoms with Crippen LogP contribution in [0.1, 0.15) is 63.7 Å². The Labute approximate surface area is 252 Å². The van der Waals surface area contributed by atoms with Gasteiger partial charge in [-0.1, -0.05) is 57.0 Å². The summed E-state index contributed by atoms with van der Waals surface area (Å²) in [4.78, 5) is 40.0. The minimum absolute atomic E-state index is 0.00629. The number of benzene rings is 1. The molecule has 9 nitrogen and oxygen atoms in total. The maximum atomic E-state index is 13.7. The first-order valence-electron chi connectivity index (χ1n) is 15.6. The lowest BCUT2D eigenvalue weighted by molar-refractivity contribution is -0.306. The SMILES string of the molecule is CO[C@@H]1[C@@H](C)O[C@@H](OCC23C[C@@H]4[C@H](C)CC[C@H]4C4(C=O)CC2C=C(C(C)C)C34C(=O)O)C(O)[C@@H]1OC(=O)c1ccccc1. The Kier molecular flexibility index (Phi) is 7.64. The van der Waals surface area contributed by atoms with Crippen LogP contribution in [0.5, 0.6) is 0 Å². The summed E-state index contributed by atoms with van der Waals surface area (Å²) >= 11 is 0. The van der Waals surface area contributed by atoms with Crippen molar-refractivity contribution in [2.24, 2.45) is 45.8 Å². The number of aliphatic hydroxyl groups excluding tert-OH is 1. The van der Waals surface area contributed by atoms with Gasteiger partial charge in [0, 0.05) is 12.5 Å². The summed E-state index contributed by atoms with van der Waals surface area (Å²) in [6, 6.07) is 8.51. The van der Waals surface area contributed by atoms with Crippen molar-refractivity contribution in [3.63, 3.8) is 0 Å². The summed E-state index contributed by atoms with van der Waals surface area (Å²) in [6.45, 7) is 7.97. The zero-order valence-electron chi connectivity index (χ0n) is 25.6. The number of aldehydes is 1. The number of carboxylic acids is 1. The molecule has 1 aromatic rings. The highest BCUT2D eigenvalue weighted by molar-refractivity contribution is 5.90. The van der Waals surface area contributed by atoms with Gasteiger partial charge >= 0.3 is 11.9 Å². The molecule has 6 rings (SSSR count). The molecular weight excluding hydrogens is 552 g/mol. The van der Waals surface area contributed by atoms with Crippen LogP contribution in [0.4, 0.5) is 0 Å². The molecule has 1 heterocycles. The third kappa shape index (κ3) is 4.00. The molecule has 0 amide bonds. The van der Waals surface area contributed by atoms with Gasteiger partial charge in [-0.15, -0.1) is 0 Å². The van der Waals surface area contributed by atoms with Gasteiger partial charge in [0.05, 0.1) is 23.7 Å². The first kappa shape index (κ1) is 30.4. The molecule has 5 aliphatic rings. The molecule has 1 aromatic carbocycles. The fourth-order valence-corrected chi connectivity index (χ4v) is 10.2. The second-order valence-corrected chi connectivity index (χ2v) is 13.9. The van der Waals surface area contributed by atoms with E-state index in [1.165, 1.54) is 7.11 Å². The number of carbonyl (C=O) groups excluding carboxylic acids is 2. The Morgan fingerprint density at radius 1 is 1.12 bits per heavy atom. The Balaban J connectivity index is 1.34. The number of methoxy groups -OCH3 is 1. The van der Waals surface area contributed by atoms with Crippen LogP contribution in [0.2, 0.25) is 0 Å². The van der Waals surface area contributed by atoms with Crippen LogP contribution in [0.25, 0.3) is 0 Å². The molecule has 0 spiro atoms. The van der Waals surface area contributed by atoms with Crippen LogP contribution in [0.15, 0.2) is 42.0 Å². The fraction of sp³-hybridized carbons (Fsp3) is 0.676. The molecule has 9 heteroatoms. The number of hydrogen-bond donors (Lipinski definition) is 2. The maximum Gasteiger partial charge on any atom is 0.338 e. The number of fused-ring (bicyclic) bond motifs is 2. The van der Waals surface area contributed by atoms with E-state index in [9.17, 15) is 24.6 Å². The van der Waals surface area contributed by atoms with E-state index in [0.717, 1.165) is 24.7 Å². The van der Waals surface area contributed by atoms with Crippen molar-refractivity contribution in [2.75, 3.05) is 13.7 Å². The lowest BCUT2D eigenvalue weighted by Crippen LogP contribution is -2.64. The number of rotatable bonds is 9. The smallest absolute Gasteiger partial charge is 0.338 e. The number of hydrogen-bond acceptors (Lipinski definition) is 8. The number of aliphatic hydroxyl groups is 1. The Hall–Kier alpha value is -2.59. The fourth-order valence-electron chi connectivity index (χ4n) is 10.2. The quantitative estimate of drug-likeness (QED) is 0.244. The maximum absolute atomic E-state index is 13.7. The number of carbonyl (C=O) groups is 3. The molecule has 5 unspecified atom stereocenters. The molecule has 12 atom stereocenters. The largest absolute Gasteiger partial charge is 0.481 e. The molecule has 2 N–H and O–H groups in total. The van der Waals surface area contributed by atoms with Crippen LogP contribution in [-0.4, -0.2) is 72.9 Å². The van der Waals surface area contributed by atoms with E-state index in [4.69, 9.17) is 18.9 Å². The average molecular weight is 597 g/mol.